The van der Waals surface area contributed by atoms with Crippen molar-refractivity contribution in [3.8, 4) is 11.5 Å². The summed E-state index contributed by atoms with van der Waals surface area (Å²) in [6.07, 6.45) is 1.45. The molecule has 1 fully saturated rings. The molecule has 0 spiro atoms. The molecule has 2 aromatic rings. The molecule has 0 radical (unpaired) electrons. The van der Waals surface area contributed by atoms with Gasteiger partial charge >= 0.3 is 0 Å². The SMILES string of the molecule is COc1cc(OC)cc(C(=O)N2CCC(NC(=O)c3ccc(C(C)C)cc3)CC2)c1. The number of benzene rings is 2. The van der Waals surface area contributed by atoms with E-state index in [1.807, 2.05) is 29.2 Å². The Hall–Kier alpha value is -3.02. The Balaban J connectivity index is 1.56. The minimum Gasteiger partial charge on any atom is -0.497 e. The van der Waals surface area contributed by atoms with Gasteiger partial charge in [0.2, 0.25) is 0 Å². The second kappa shape index (κ2) is 9.65. The van der Waals surface area contributed by atoms with Crippen LogP contribution in [0.5, 0.6) is 11.5 Å². The summed E-state index contributed by atoms with van der Waals surface area (Å²) < 4.78 is 10.5. The van der Waals surface area contributed by atoms with E-state index in [2.05, 4.69) is 19.2 Å². The quantitative estimate of drug-likeness (QED) is 0.785. The maximum atomic E-state index is 12.9. The molecule has 1 saturated heterocycles. The molecule has 0 aliphatic carbocycles. The van der Waals surface area contributed by atoms with Crippen LogP contribution in [0.4, 0.5) is 0 Å². The lowest BCUT2D eigenvalue weighted by molar-refractivity contribution is 0.0697. The maximum Gasteiger partial charge on any atom is 0.254 e. The Morgan fingerprint density at radius 2 is 1.50 bits per heavy atom. The van der Waals surface area contributed by atoms with Crippen molar-refractivity contribution in [2.45, 2.75) is 38.6 Å². The predicted molar refractivity (Wildman–Crippen MR) is 116 cm³/mol. The number of methoxy groups -OCH3 is 2. The summed E-state index contributed by atoms with van der Waals surface area (Å²) in [6.45, 7) is 5.45. The van der Waals surface area contributed by atoms with Crippen LogP contribution in [0.25, 0.3) is 0 Å². The molecule has 2 aromatic carbocycles. The van der Waals surface area contributed by atoms with Crippen molar-refractivity contribution in [2.75, 3.05) is 27.3 Å². The summed E-state index contributed by atoms with van der Waals surface area (Å²) >= 11 is 0. The fourth-order valence-electron chi connectivity index (χ4n) is 3.63. The van der Waals surface area contributed by atoms with Gasteiger partial charge < -0.3 is 19.7 Å². The first-order valence-corrected chi connectivity index (χ1v) is 10.3. The van der Waals surface area contributed by atoms with Crippen LogP contribution in [0.2, 0.25) is 0 Å². The van der Waals surface area contributed by atoms with Gasteiger partial charge in [0.05, 0.1) is 14.2 Å². The van der Waals surface area contributed by atoms with Gasteiger partial charge in [-0.2, -0.15) is 0 Å². The molecule has 30 heavy (non-hydrogen) atoms. The number of likely N-dealkylation sites (tertiary alicyclic amines) is 1. The number of carbonyl (C=O) groups excluding carboxylic acids is 2. The van der Waals surface area contributed by atoms with Crippen LogP contribution >= 0.6 is 0 Å². The number of carbonyl (C=O) groups is 2. The maximum absolute atomic E-state index is 12.9. The van der Waals surface area contributed by atoms with Gasteiger partial charge in [-0.05, 0) is 48.6 Å². The van der Waals surface area contributed by atoms with E-state index in [-0.39, 0.29) is 17.9 Å². The third-order valence-corrected chi connectivity index (χ3v) is 5.56. The number of ether oxygens (including phenoxy) is 2. The molecule has 1 aliphatic rings. The fraction of sp³-hybridized carbons (Fsp3) is 0.417. The summed E-state index contributed by atoms with van der Waals surface area (Å²) in [5.41, 5.74) is 2.42. The number of rotatable bonds is 6. The summed E-state index contributed by atoms with van der Waals surface area (Å²) in [6, 6.07) is 13.0. The number of piperidine rings is 1. The molecule has 1 aliphatic heterocycles. The van der Waals surface area contributed by atoms with Gasteiger partial charge in [-0.3, -0.25) is 9.59 Å². The number of hydrogen-bond acceptors (Lipinski definition) is 4. The Morgan fingerprint density at radius 1 is 0.933 bits per heavy atom. The molecule has 2 amide bonds. The average Bonchev–Trinajstić information content (AvgIpc) is 2.78. The third-order valence-electron chi connectivity index (χ3n) is 5.56. The fourth-order valence-corrected chi connectivity index (χ4v) is 3.63. The van der Waals surface area contributed by atoms with E-state index in [0.29, 0.717) is 41.6 Å². The Labute approximate surface area is 178 Å². The highest BCUT2D eigenvalue weighted by Crippen LogP contribution is 2.24. The summed E-state index contributed by atoms with van der Waals surface area (Å²) in [7, 11) is 3.13. The van der Waals surface area contributed by atoms with E-state index in [4.69, 9.17) is 9.47 Å². The molecule has 0 saturated carbocycles. The standard InChI is InChI=1S/C24H30N2O4/c1-16(2)17-5-7-18(8-6-17)23(27)25-20-9-11-26(12-10-20)24(28)19-13-21(29-3)15-22(14-19)30-4/h5-8,13-16,20H,9-12H2,1-4H3,(H,25,27). The lowest BCUT2D eigenvalue weighted by Crippen LogP contribution is -2.46. The molecule has 160 valence electrons. The molecule has 0 unspecified atom stereocenters. The minimum atomic E-state index is -0.0624. The zero-order chi connectivity index (χ0) is 21.7. The van der Waals surface area contributed by atoms with Gasteiger partial charge in [-0.1, -0.05) is 26.0 Å². The average molecular weight is 411 g/mol. The second-order valence-electron chi connectivity index (χ2n) is 7.92. The molecule has 0 bridgehead atoms. The smallest absolute Gasteiger partial charge is 0.254 e. The molecule has 3 rings (SSSR count). The second-order valence-corrected chi connectivity index (χ2v) is 7.92. The van der Waals surface area contributed by atoms with Crippen molar-refractivity contribution in [3.63, 3.8) is 0 Å². The van der Waals surface area contributed by atoms with Crippen molar-refractivity contribution in [3.05, 3.63) is 59.2 Å². The van der Waals surface area contributed by atoms with Crippen LogP contribution in [0.3, 0.4) is 0 Å². The highest BCUT2D eigenvalue weighted by molar-refractivity contribution is 5.95. The van der Waals surface area contributed by atoms with Gasteiger partial charge in [-0.15, -0.1) is 0 Å². The first-order valence-electron chi connectivity index (χ1n) is 10.3. The zero-order valence-corrected chi connectivity index (χ0v) is 18.1. The molecular weight excluding hydrogens is 380 g/mol. The summed E-state index contributed by atoms with van der Waals surface area (Å²) in [5, 5.41) is 3.10. The number of amides is 2. The molecule has 0 atom stereocenters. The largest absolute Gasteiger partial charge is 0.497 e. The normalized spacial score (nSPS) is 14.5. The third kappa shape index (κ3) is 5.12. The number of nitrogens with zero attached hydrogens (tertiary/aromatic N) is 1. The van der Waals surface area contributed by atoms with Crippen molar-refractivity contribution >= 4 is 11.8 Å². The van der Waals surface area contributed by atoms with Crippen LogP contribution < -0.4 is 14.8 Å². The van der Waals surface area contributed by atoms with E-state index in [1.54, 1.807) is 32.4 Å². The van der Waals surface area contributed by atoms with E-state index in [9.17, 15) is 9.59 Å². The Morgan fingerprint density at radius 3 is 2.00 bits per heavy atom. The molecular formula is C24H30N2O4. The van der Waals surface area contributed by atoms with E-state index in [1.165, 1.54) is 5.56 Å². The lowest BCUT2D eigenvalue weighted by Gasteiger charge is -2.32. The number of hydrogen-bond donors (Lipinski definition) is 1. The van der Waals surface area contributed by atoms with Crippen LogP contribution in [-0.4, -0.2) is 50.1 Å². The van der Waals surface area contributed by atoms with Crippen molar-refractivity contribution in [1.29, 1.82) is 0 Å². The first kappa shape index (κ1) is 21.7. The van der Waals surface area contributed by atoms with E-state index < -0.39 is 0 Å². The van der Waals surface area contributed by atoms with Crippen LogP contribution in [0, 0.1) is 0 Å². The molecule has 1 heterocycles. The first-order chi connectivity index (χ1) is 14.4. The summed E-state index contributed by atoms with van der Waals surface area (Å²) in [4.78, 5) is 27.3. The van der Waals surface area contributed by atoms with Gasteiger partial charge in [-0.25, -0.2) is 0 Å². The highest BCUT2D eigenvalue weighted by Gasteiger charge is 2.25. The van der Waals surface area contributed by atoms with Gasteiger partial charge in [0, 0.05) is 36.3 Å². The van der Waals surface area contributed by atoms with E-state index >= 15 is 0 Å². The van der Waals surface area contributed by atoms with Gasteiger partial charge in [0.15, 0.2) is 0 Å². The van der Waals surface area contributed by atoms with Crippen molar-refractivity contribution in [1.82, 2.24) is 10.2 Å². The van der Waals surface area contributed by atoms with Gasteiger partial charge in [0.1, 0.15) is 11.5 Å². The minimum absolute atomic E-state index is 0.0544. The van der Waals surface area contributed by atoms with Crippen LogP contribution in [0.1, 0.15) is 58.9 Å². The monoisotopic (exact) mass is 410 g/mol. The molecule has 0 aromatic heterocycles. The Bertz CT molecular complexity index is 862. The predicted octanol–water partition coefficient (Wildman–Crippen LogP) is 3.86. The lowest BCUT2D eigenvalue weighted by atomic mass is 10.0. The van der Waals surface area contributed by atoms with Crippen LogP contribution in [0.15, 0.2) is 42.5 Å². The zero-order valence-electron chi connectivity index (χ0n) is 18.1. The molecule has 6 nitrogen and oxygen atoms in total. The number of nitrogens with one attached hydrogen (secondary N) is 1. The van der Waals surface area contributed by atoms with Gasteiger partial charge in [0.25, 0.3) is 11.8 Å². The summed E-state index contributed by atoms with van der Waals surface area (Å²) in [5.74, 6) is 1.49. The molecule has 6 heteroatoms. The highest BCUT2D eigenvalue weighted by atomic mass is 16.5. The van der Waals surface area contributed by atoms with Crippen LogP contribution in [-0.2, 0) is 0 Å². The van der Waals surface area contributed by atoms with Crippen molar-refractivity contribution < 1.29 is 19.1 Å². The molecule has 1 N–H and O–H groups in total. The Kier molecular flexibility index (Phi) is 6.98. The van der Waals surface area contributed by atoms with E-state index in [0.717, 1.165) is 12.8 Å². The topological polar surface area (TPSA) is 67.9 Å². The van der Waals surface area contributed by atoms with Crippen molar-refractivity contribution in [2.24, 2.45) is 0 Å².